The fourth-order valence-corrected chi connectivity index (χ4v) is 5.58. The molecule has 1 fully saturated rings. The number of hydrogen-bond acceptors (Lipinski definition) is 6. The minimum absolute atomic E-state index is 0.116. The molecular weight excluding hydrogens is 436 g/mol. The zero-order chi connectivity index (χ0) is 23.2. The summed E-state index contributed by atoms with van der Waals surface area (Å²) in [4.78, 5) is 19.0. The zero-order valence-corrected chi connectivity index (χ0v) is 20.6. The Balaban J connectivity index is 1.47. The summed E-state index contributed by atoms with van der Waals surface area (Å²) in [5.41, 5.74) is 1.19. The van der Waals surface area contributed by atoms with Gasteiger partial charge in [0.05, 0.1) is 25.8 Å². The summed E-state index contributed by atoms with van der Waals surface area (Å²) >= 11 is 1.75. The molecule has 0 radical (unpaired) electrons. The minimum Gasteiger partial charge on any atom is -0.493 e. The van der Waals surface area contributed by atoms with Crippen molar-refractivity contribution in [3.63, 3.8) is 0 Å². The number of aliphatic hydroxyl groups is 1. The summed E-state index contributed by atoms with van der Waals surface area (Å²) in [6, 6.07) is 9.63. The van der Waals surface area contributed by atoms with Crippen LogP contribution in [0.25, 0.3) is 0 Å². The van der Waals surface area contributed by atoms with E-state index in [4.69, 9.17) is 9.47 Å². The number of benzene rings is 1. The lowest BCUT2D eigenvalue weighted by Crippen LogP contribution is -2.48. The fraction of sp³-hybridized carbons (Fsp3) is 0.577. The van der Waals surface area contributed by atoms with E-state index in [1.54, 1.807) is 18.4 Å². The maximum Gasteiger partial charge on any atom is 0.237 e. The van der Waals surface area contributed by atoms with Crippen LogP contribution in [0.5, 0.6) is 11.5 Å². The average molecular weight is 473 g/mol. The molecule has 6 nitrogen and oxygen atoms in total. The van der Waals surface area contributed by atoms with E-state index >= 15 is 0 Å². The van der Waals surface area contributed by atoms with Gasteiger partial charge in [-0.2, -0.15) is 0 Å². The molecule has 0 spiro atoms. The second-order valence-electron chi connectivity index (χ2n) is 9.19. The molecule has 4 rings (SSSR count). The third-order valence-electron chi connectivity index (χ3n) is 6.54. The van der Waals surface area contributed by atoms with E-state index in [1.165, 1.54) is 23.3 Å². The Morgan fingerprint density at radius 1 is 1.27 bits per heavy atom. The Morgan fingerprint density at radius 2 is 2.06 bits per heavy atom. The van der Waals surface area contributed by atoms with Gasteiger partial charge in [0, 0.05) is 24.5 Å². The van der Waals surface area contributed by atoms with Crippen LogP contribution in [0.4, 0.5) is 0 Å². The number of nitrogens with zero attached hydrogens (tertiary/aromatic N) is 2. The number of fused-ring (bicyclic) bond motifs is 1. The standard InChI is InChI=1S/C26H36N2O4S/c1-3-6-20(29)16-27(15-19-9-10-19)17-26(30)28-13-11-25-21(12-14-33-25)22(28)18-32-24-8-5-4-7-23(24)31-2/h4-5,7-8,12,14,19-20,22,29H,3,6,9-11,13,15-18H2,1-2H3. The molecule has 7 heteroatoms. The van der Waals surface area contributed by atoms with Gasteiger partial charge in [0.15, 0.2) is 11.5 Å². The van der Waals surface area contributed by atoms with Crippen LogP contribution in [-0.2, 0) is 11.2 Å². The van der Waals surface area contributed by atoms with Crippen molar-refractivity contribution < 1.29 is 19.4 Å². The molecule has 2 unspecified atom stereocenters. The van der Waals surface area contributed by atoms with Gasteiger partial charge >= 0.3 is 0 Å². The number of carbonyl (C=O) groups is 1. The molecule has 1 aliphatic heterocycles. The molecule has 0 bridgehead atoms. The maximum atomic E-state index is 13.6. The normalized spacial score (nSPS) is 18.8. The molecule has 2 atom stereocenters. The molecule has 1 N–H and O–H groups in total. The first-order valence-corrected chi connectivity index (χ1v) is 13.0. The zero-order valence-electron chi connectivity index (χ0n) is 19.7. The van der Waals surface area contributed by atoms with E-state index in [0.29, 0.717) is 43.7 Å². The Bertz CT molecular complexity index is 913. The van der Waals surface area contributed by atoms with Gasteiger partial charge in [0.2, 0.25) is 5.91 Å². The largest absolute Gasteiger partial charge is 0.493 e. The second kappa shape index (κ2) is 11.4. The Hall–Kier alpha value is -2.09. The van der Waals surface area contributed by atoms with Crippen LogP contribution in [-0.4, -0.2) is 66.8 Å². The van der Waals surface area contributed by atoms with Crippen molar-refractivity contribution >= 4 is 17.2 Å². The highest BCUT2D eigenvalue weighted by Gasteiger charge is 2.34. The minimum atomic E-state index is -0.379. The lowest BCUT2D eigenvalue weighted by atomic mass is 10.0. The first-order chi connectivity index (χ1) is 16.1. The topological polar surface area (TPSA) is 62.2 Å². The van der Waals surface area contributed by atoms with Gasteiger partial charge in [-0.05, 0) is 60.7 Å². The monoisotopic (exact) mass is 472 g/mol. The van der Waals surface area contributed by atoms with Gasteiger partial charge in [-0.1, -0.05) is 25.5 Å². The predicted molar refractivity (Wildman–Crippen MR) is 131 cm³/mol. The highest BCUT2D eigenvalue weighted by molar-refractivity contribution is 7.10. The van der Waals surface area contributed by atoms with E-state index in [9.17, 15) is 9.90 Å². The molecule has 180 valence electrons. The first-order valence-electron chi connectivity index (χ1n) is 12.1. The third kappa shape index (κ3) is 6.28. The highest BCUT2D eigenvalue weighted by Crippen LogP contribution is 2.35. The van der Waals surface area contributed by atoms with E-state index in [1.807, 2.05) is 29.2 Å². The average Bonchev–Trinajstić information content (AvgIpc) is 3.49. The molecule has 2 aromatic rings. The molecule has 1 aromatic heterocycles. The summed E-state index contributed by atoms with van der Waals surface area (Å²) in [5, 5.41) is 12.5. The number of hydrogen-bond donors (Lipinski definition) is 1. The quantitative estimate of drug-likeness (QED) is 0.503. The van der Waals surface area contributed by atoms with Crippen molar-refractivity contribution in [3.8, 4) is 11.5 Å². The van der Waals surface area contributed by atoms with Gasteiger partial charge in [-0.15, -0.1) is 11.3 Å². The number of methoxy groups -OCH3 is 1. The predicted octanol–water partition coefficient (Wildman–Crippen LogP) is 4.13. The van der Waals surface area contributed by atoms with Crippen molar-refractivity contribution in [2.45, 2.75) is 51.2 Å². The van der Waals surface area contributed by atoms with Gasteiger partial charge in [0.25, 0.3) is 0 Å². The third-order valence-corrected chi connectivity index (χ3v) is 7.54. The number of thiophene rings is 1. The number of para-hydroxylation sites is 2. The van der Waals surface area contributed by atoms with Gasteiger partial charge in [-0.3, -0.25) is 9.69 Å². The highest BCUT2D eigenvalue weighted by atomic mass is 32.1. The summed E-state index contributed by atoms with van der Waals surface area (Å²) in [7, 11) is 1.64. The van der Waals surface area contributed by atoms with Crippen LogP contribution < -0.4 is 9.47 Å². The van der Waals surface area contributed by atoms with Crippen molar-refractivity contribution in [2.24, 2.45) is 5.92 Å². The van der Waals surface area contributed by atoms with Crippen LogP contribution in [0.1, 0.15) is 49.1 Å². The molecule has 1 amide bonds. The summed E-state index contributed by atoms with van der Waals surface area (Å²) < 4.78 is 11.6. The van der Waals surface area contributed by atoms with Crippen molar-refractivity contribution in [1.82, 2.24) is 9.80 Å². The molecule has 0 saturated heterocycles. The SMILES string of the molecule is CCCC(O)CN(CC(=O)N1CCc2sccc2C1COc1ccccc1OC)CC1CC1. The molecule has 33 heavy (non-hydrogen) atoms. The lowest BCUT2D eigenvalue weighted by Gasteiger charge is -2.37. The molecule has 1 saturated carbocycles. The second-order valence-corrected chi connectivity index (χ2v) is 10.2. The van der Waals surface area contributed by atoms with Crippen LogP contribution >= 0.6 is 11.3 Å². The van der Waals surface area contributed by atoms with Crippen LogP contribution in [0.2, 0.25) is 0 Å². The molecule has 1 aliphatic carbocycles. The smallest absolute Gasteiger partial charge is 0.237 e. The maximum absolute atomic E-state index is 13.6. The number of amides is 1. The van der Waals surface area contributed by atoms with E-state index in [2.05, 4.69) is 23.3 Å². The molecule has 1 aromatic carbocycles. The Morgan fingerprint density at radius 3 is 2.79 bits per heavy atom. The molecular formula is C26H36N2O4S. The number of ether oxygens (including phenoxy) is 2. The summed E-state index contributed by atoms with van der Waals surface area (Å²) in [6.45, 7) is 4.97. The summed E-state index contributed by atoms with van der Waals surface area (Å²) in [6.07, 6.45) is 4.67. The fourth-order valence-electron chi connectivity index (χ4n) is 4.66. The van der Waals surface area contributed by atoms with E-state index < -0.39 is 0 Å². The van der Waals surface area contributed by atoms with Crippen molar-refractivity contribution in [3.05, 3.63) is 46.2 Å². The molecule has 2 aliphatic rings. The van der Waals surface area contributed by atoms with Gasteiger partial charge in [-0.25, -0.2) is 0 Å². The Labute approximate surface area is 201 Å². The lowest BCUT2D eigenvalue weighted by molar-refractivity contribution is -0.136. The van der Waals surface area contributed by atoms with Crippen LogP contribution in [0.15, 0.2) is 35.7 Å². The summed E-state index contributed by atoms with van der Waals surface area (Å²) in [5.74, 6) is 2.16. The first kappa shape index (κ1) is 24.0. The Kier molecular flexibility index (Phi) is 8.28. The van der Waals surface area contributed by atoms with Gasteiger partial charge in [0.1, 0.15) is 6.61 Å². The number of aliphatic hydroxyl groups excluding tert-OH is 1. The van der Waals surface area contributed by atoms with Crippen molar-refractivity contribution in [1.29, 1.82) is 0 Å². The van der Waals surface area contributed by atoms with E-state index in [0.717, 1.165) is 25.8 Å². The van der Waals surface area contributed by atoms with Crippen LogP contribution in [0.3, 0.4) is 0 Å². The number of carbonyl (C=O) groups excluding carboxylic acids is 1. The van der Waals surface area contributed by atoms with Crippen LogP contribution in [0, 0.1) is 5.92 Å². The number of rotatable bonds is 12. The molecule has 2 heterocycles. The van der Waals surface area contributed by atoms with E-state index in [-0.39, 0.29) is 18.1 Å². The van der Waals surface area contributed by atoms with Crippen molar-refractivity contribution in [2.75, 3.05) is 39.9 Å². The van der Waals surface area contributed by atoms with Gasteiger partial charge < -0.3 is 19.5 Å².